The van der Waals surface area contributed by atoms with Gasteiger partial charge in [-0.15, -0.1) is 0 Å². The van der Waals surface area contributed by atoms with Crippen LogP contribution in [0.2, 0.25) is 0 Å². The number of allylic oxidation sites excluding steroid dienone is 2. The lowest BCUT2D eigenvalue weighted by Crippen LogP contribution is -2.16. The van der Waals surface area contributed by atoms with Crippen LogP contribution < -0.4 is 0 Å². The van der Waals surface area contributed by atoms with E-state index >= 15 is 0 Å². The van der Waals surface area contributed by atoms with Crippen molar-refractivity contribution >= 4 is 0 Å². The molecular formula is C12H24. The van der Waals surface area contributed by atoms with Gasteiger partial charge in [0.2, 0.25) is 0 Å². The van der Waals surface area contributed by atoms with E-state index in [-0.39, 0.29) is 0 Å². The molecule has 0 aliphatic rings. The highest BCUT2D eigenvalue weighted by Gasteiger charge is 2.21. The highest BCUT2D eigenvalue weighted by molar-refractivity contribution is 4.89. The summed E-state index contributed by atoms with van der Waals surface area (Å²) in [5, 5.41) is 0. The molecule has 0 unspecified atom stereocenters. The predicted octanol–water partition coefficient (Wildman–Crippen LogP) is 4.56. The summed E-state index contributed by atoms with van der Waals surface area (Å²) < 4.78 is 0. The third-order valence-electron chi connectivity index (χ3n) is 3.20. The molecule has 0 amide bonds. The molecule has 0 saturated heterocycles. The molecule has 0 atom stereocenters. The lowest BCUT2D eigenvalue weighted by molar-refractivity contribution is 0.254. The molecule has 0 N–H and O–H groups in total. The largest absolute Gasteiger partial charge is 0.0888 e. The van der Waals surface area contributed by atoms with Gasteiger partial charge < -0.3 is 0 Å². The van der Waals surface area contributed by atoms with E-state index in [2.05, 4.69) is 39.8 Å². The second kappa shape index (κ2) is 6.28. The van der Waals surface area contributed by atoms with Crippen LogP contribution in [0.5, 0.6) is 0 Å². The summed E-state index contributed by atoms with van der Waals surface area (Å²) in [6.45, 7) is 9.13. The van der Waals surface area contributed by atoms with E-state index in [0.717, 1.165) is 0 Å². The molecule has 0 saturated carbocycles. The maximum atomic E-state index is 2.36. The zero-order chi connectivity index (χ0) is 9.45. The van der Waals surface area contributed by atoms with Crippen molar-refractivity contribution in [3.05, 3.63) is 12.2 Å². The molecule has 0 spiro atoms. The Kier molecular flexibility index (Phi) is 6.14. The zero-order valence-corrected chi connectivity index (χ0v) is 9.19. The zero-order valence-electron chi connectivity index (χ0n) is 9.19. The molecule has 0 aromatic carbocycles. The van der Waals surface area contributed by atoms with Crippen LogP contribution in [0.4, 0.5) is 0 Å². The van der Waals surface area contributed by atoms with E-state index in [4.69, 9.17) is 0 Å². The fraction of sp³-hybridized carbons (Fsp3) is 0.833. The minimum Gasteiger partial charge on any atom is -0.0888 e. The molecule has 72 valence electrons. The van der Waals surface area contributed by atoms with Crippen molar-refractivity contribution in [2.24, 2.45) is 5.41 Å². The fourth-order valence-corrected chi connectivity index (χ4v) is 1.68. The minimum absolute atomic E-state index is 0.589. The Labute approximate surface area is 78.1 Å². The molecular weight excluding hydrogens is 144 g/mol. The van der Waals surface area contributed by atoms with Gasteiger partial charge in [-0.3, -0.25) is 0 Å². The van der Waals surface area contributed by atoms with Crippen molar-refractivity contribution in [3.8, 4) is 0 Å². The molecule has 0 aliphatic heterocycles. The summed E-state index contributed by atoms with van der Waals surface area (Å²) in [6, 6.07) is 0. The molecule has 0 bridgehead atoms. The first kappa shape index (κ1) is 11.7. The highest BCUT2D eigenvalue weighted by atomic mass is 14.3. The summed E-state index contributed by atoms with van der Waals surface area (Å²) in [5.74, 6) is 0. The maximum absolute atomic E-state index is 2.36. The van der Waals surface area contributed by atoms with Crippen molar-refractivity contribution in [2.45, 2.75) is 59.8 Å². The average Bonchev–Trinajstić information content (AvgIpc) is 2.14. The molecule has 0 aliphatic carbocycles. The Hall–Kier alpha value is -0.260. The molecule has 0 rings (SSSR count). The lowest BCUT2D eigenvalue weighted by Gasteiger charge is -2.28. The van der Waals surface area contributed by atoms with E-state index in [1.54, 1.807) is 0 Å². The topological polar surface area (TPSA) is 0 Å². The second-order valence-corrected chi connectivity index (χ2v) is 3.64. The van der Waals surface area contributed by atoms with Gasteiger partial charge in [0.15, 0.2) is 0 Å². The summed E-state index contributed by atoms with van der Waals surface area (Å²) in [4.78, 5) is 0. The van der Waals surface area contributed by atoms with Gasteiger partial charge in [-0.05, 0) is 18.3 Å². The summed E-state index contributed by atoms with van der Waals surface area (Å²) in [6.07, 6.45) is 11.0. The first-order valence-corrected chi connectivity index (χ1v) is 5.39. The molecule has 12 heavy (non-hydrogen) atoms. The van der Waals surface area contributed by atoms with Crippen LogP contribution >= 0.6 is 0 Å². The number of hydrogen-bond acceptors (Lipinski definition) is 0. The Bertz CT molecular complexity index is 110. The number of hydrogen-bond donors (Lipinski definition) is 0. The van der Waals surface area contributed by atoms with Gasteiger partial charge in [0.05, 0.1) is 0 Å². The van der Waals surface area contributed by atoms with Gasteiger partial charge in [0, 0.05) is 0 Å². The van der Waals surface area contributed by atoms with Crippen LogP contribution in [0, 0.1) is 5.41 Å². The van der Waals surface area contributed by atoms with E-state index < -0.39 is 0 Å². The standard InChI is InChI=1S/C12H24/c1-5-9-10-11-12(6-2,7-3)8-4/h9-10H,5-8,11H2,1-4H3/b10-9+. The van der Waals surface area contributed by atoms with Crippen LogP contribution in [0.25, 0.3) is 0 Å². The van der Waals surface area contributed by atoms with Crippen molar-refractivity contribution in [3.63, 3.8) is 0 Å². The van der Waals surface area contributed by atoms with Crippen molar-refractivity contribution < 1.29 is 0 Å². The van der Waals surface area contributed by atoms with Crippen molar-refractivity contribution in [1.82, 2.24) is 0 Å². The fourth-order valence-electron chi connectivity index (χ4n) is 1.68. The predicted molar refractivity (Wildman–Crippen MR) is 57.4 cm³/mol. The van der Waals surface area contributed by atoms with Gasteiger partial charge in [-0.2, -0.15) is 0 Å². The summed E-state index contributed by atoms with van der Waals surface area (Å²) in [5.41, 5.74) is 0.589. The Balaban J connectivity index is 4.01. The molecule has 0 aromatic rings. The number of rotatable bonds is 6. The SMILES string of the molecule is CC/C=C/CC(CC)(CC)CC. The molecule has 0 aromatic heterocycles. The van der Waals surface area contributed by atoms with Gasteiger partial charge in [0.25, 0.3) is 0 Å². The maximum Gasteiger partial charge on any atom is -0.0271 e. The van der Waals surface area contributed by atoms with Gasteiger partial charge in [-0.1, -0.05) is 59.1 Å². The third-order valence-corrected chi connectivity index (χ3v) is 3.20. The molecule has 0 radical (unpaired) electrons. The van der Waals surface area contributed by atoms with E-state index in [9.17, 15) is 0 Å². The monoisotopic (exact) mass is 168 g/mol. The van der Waals surface area contributed by atoms with Gasteiger partial charge >= 0.3 is 0 Å². The first-order valence-electron chi connectivity index (χ1n) is 5.39. The summed E-state index contributed by atoms with van der Waals surface area (Å²) >= 11 is 0. The Morgan fingerprint density at radius 3 is 1.67 bits per heavy atom. The van der Waals surface area contributed by atoms with Gasteiger partial charge in [0.1, 0.15) is 0 Å². The van der Waals surface area contributed by atoms with Crippen LogP contribution in [0.1, 0.15) is 59.8 Å². The quantitative estimate of drug-likeness (QED) is 0.510. The van der Waals surface area contributed by atoms with Crippen LogP contribution in [-0.2, 0) is 0 Å². The second-order valence-electron chi connectivity index (χ2n) is 3.64. The molecule has 0 nitrogen and oxygen atoms in total. The van der Waals surface area contributed by atoms with Crippen molar-refractivity contribution in [1.29, 1.82) is 0 Å². The van der Waals surface area contributed by atoms with Crippen LogP contribution in [0.15, 0.2) is 12.2 Å². The molecule has 0 fully saturated rings. The van der Waals surface area contributed by atoms with Crippen LogP contribution in [0.3, 0.4) is 0 Å². The van der Waals surface area contributed by atoms with Crippen molar-refractivity contribution in [2.75, 3.05) is 0 Å². The molecule has 0 heteroatoms. The first-order chi connectivity index (χ1) is 5.74. The smallest absolute Gasteiger partial charge is 0.0271 e. The van der Waals surface area contributed by atoms with Crippen LogP contribution in [-0.4, -0.2) is 0 Å². The van der Waals surface area contributed by atoms with E-state index in [1.165, 1.54) is 32.1 Å². The normalized spacial score (nSPS) is 12.7. The summed E-state index contributed by atoms with van der Waals surface area (Å²) in [7, 11) is 0. The minimum atomic E-state index is 0.589. The lowest BCUT2D eigenvalue weighted by atomic mass is 9.77. The third kappa shape index (κ3) is 3.42. The van der Waals surface area contributed by atoms with E-state index in [0.29, 0.717) is 5.41 Å². The Morgan fingerprint density at radius 1 is 0.833 bits per heavy atom. The highest BCUT2D eigenvalue weighted by Crippen LogP contribution is 2.34. The van der Waals surface area contributed by atoms with E-state index in [1.807, 2.05) is 0 Å². The van der Waals surface area contributed by atoms with Gasteiger partial charge in [-0.25, -0.2) is 0 Å². The Morgan fingerprint density at radius 2 is 1.33 bits per heavy atom. The average molecular weight is 168 g/mol. The molecule has 0 heterocycles.